The van der Waals surface area contributed by atoms with Crippen molar-refractivity contribution < 1.29 is 19.1 Å². The lowest BCUT2D eigenvalue weighted by atomic mass is 9.89. The molecular formula is C24H20N2O4. The van der Waals surface area contributed by atoms with E-state index in [-0.39, 0.29) is 25.0 Å². The maximum Gasteiger partial charge on any atom is 0.235 e. The van der Waals surface area contributed by atoms with Crippen molar-refractivity contribution in [2.45, 2.75) is 18.9 Å². The largest absolute Gasteiger partial charge is 0.454 e. The van der Waals surface area contributed by atoms with Crippen LogP contribution in [0.1, 0.15) is 23.5 Å². The predicted octanol–water partition coefficient (Wildman–Crippen LogP) is 4.07. The van der Waals surface area contributed by atoms with Crippen molar-refractivity contribution in [1.29, 1.82) is 0 Å². The summed E-state index contributed by atoms with van der Waals surface area (Å²) < 4.78 is 10.9. The average Bonchev–Trinajstić information content (AvgIpc) is 3.25. The molecule has 0 saturated heterocycles. The Bertz CT molecular complexity index is 1110. The SMILES string of the molecule is O=C1CC(C(=O)N(Cc2ccc3c(c2)OCO3)c2ccccc2)c2ccccc2N1. The molecule has 0 bridgehead atoms. The van der Waals surface area contributed by atoms with Gasteiger partial charge in [-0.1, -0.05) is 42.5 Å². The third-order valence-electron chi connectivity index (χ3n) is 5.41. The molecule has 6 heteroatoms. The van der Waals surface area contributed by atoms with Gasteiger partial charge in [-0.3, -0.25) is 9.59 Å². The summed E-state index contributed by atoms with van der Waals surface area (Å²) in [5, 5.41) is 2.86. The maximum absolute atomic E-state index is 13.7. The first-order valence-electron chi connectivity index (χ1n) is 9.83. The van der Waals surface area contributed by atoms with Crippen molar-refractivity contribution in [3.63, 3.8) is 0 Å². The molecule has 0 spiro atoms. The normalized spacial score (nSPS) is 16.5. The van der Waals surface area contributed by atoms with Crippen LogP contribution in [0.25, 0.3) is 0 Å². The fourth-order valence-electron chi connectivity index (χ4n) is 3.95. The molecule has 150 valence electrons. The lowest BCUT2D eigenvalue weighted by molar-refractivity contribution is -0.124. The van der Waals surface area contributed by atoms with Gasteiger partial charge in [-0.05, 0) is 41.5 Å². The first-order chi connectivity index (χ1) is 14.7. The third kappa shape index (κ3) is 3.37. The number of carbonyl (C=O) groups excluding carboxylic acids is 2. The second-order valence-electron chi connectivity index (χ2n) is 7.34. The van der Waals surface area contributed by atoms with Crippen LogP contribution in [0.2, 0.25) is 0 Å². The van der Waals surface area contributed by atoms with E-state index >= 15 is 0 Å². The number of carbonyl (C=O) groups is 2. The molecule has 2 heterocycles. The minimum Gasteiger partial charge on any atom is -0.454 e. The number of nitrogens with one attached hydrogen (secondary N) is 1. The minimum atomic E-state index is -0.538. The van der Waals surface area contributed by atoms with E-state index in [1.165, 1.54) is 0 Å². The fraction of sp³-hybridized carbons (Fsp3) is 0.167. The molecule has 1 N–H and O–H groups in total. The molecule has 3 aromatic carbocycles. The Balaban J connectivity index is 1.51. The molecule has 0 saturated carbocycles. The molecule has 0 aliphatic carbocycles. The third-order valence-corrected chi connectivity index (χ3v) is 5.41. The molecule has 30 heavy (non-hydrogen) atoms. The van der Waals surface area contributed by atoms with Crippen molar-refractivity contribution in [3.8, 4) is 11.5 Å². The quantitative estimate of drug-likeness (QED) is 0.717. The summed E-state index contributed by atoms with van der Waals surface area (Å²) >= 11 is 0. The van der Waals surface area contributed by atoms with Gasteiger partial charge in [-0.15, -0.1) is 0 Å². The number of amides is 2. The summed E-state index contributed by atoms with van der Waals surface area (Å²) in [6, 6.07) is 22.7. The molecule has 3 aromatic rings. The van der Waals surface area contributed by atoms with Gasteiger partial charge in [0.1, 0.15) is 0 Å². The summed E-state index contributed by atoms with van der Waals surface area (Å²) in [5.41, 5.74) is 3.24. The first kappa shape index (κ1) is 18.2. The molecule has 0 radical (unpaired) electrons. The molecule has 1 unspecified atom stereocenters. The van der Waals surface area contributed by atoms with Gasteiger partial charge in [0.2, 0.25) is 18.6 Å². The van der Waals surface area contributed by atoms with Crippen LogP contribution in [0.3, 0.4) is 0 Å². The van der Waals surface area contributed by atoms with Crippen molar-refractivity contribution in [1.82, 2.24) is 0 Å². The molecule has 2 aliphatic heterocycles. The summed E-state index contributed by atoms with van der Waals surface area (Å²) in [4.78, 5) is 27.7. The van der Waals surface area contributed by atoms with E-state index in [1.54, 1.807) is 4.90 Å². The summed E-state index contributed by atoms with van der Waals surface area (Å²) in [6.45, 7) is 0.563. The topological polar surface area (TPSA) is 67.9 Å². The van der Waals surface area contributed by atoms with E-state index in [9.17, 15) is 9.59 Å². The van der Waals surface area contributed by atoms with Gasteiger partial charge in [0.25, 0.3) is 0 Å². The molecule has 2 aliphatic rings. The van der Waals surface area contributed by atoms with Crippen LogP contribution in [0, 0.1) is 0 Å². The van der Waals surface area contributed by atoms with Crippen LogP contribution >= 0.6 is 0 Å². The van der Waals surface area contributed by atoms with E-state index in [4.69, 9.17) is 9.47 Å². The van der Waals surface area contributed by atoms with E-state index < -0.39 is 5.92 Å². The zero-order chi connectivity index (χ0) is 20.5. The van der Waals surface area contributed by atoms with Crippen LogP contribution in [0.5, 0.6) is 11.5 Å². The molecule has 5 rings (SSSR count). The first-order valence-corrected chi connectivity index (χ1v) is 9.83. The predicted molar refractivity (Wildman–Crippen MR) is 113 cm³/mol. The van der Waals surface area contributed by atoms with Crippen LogP contribution in [0.4, 0.5) is 11.4 Å². The summed E-state index contributed by atoms with van der Waals surface area (Å²) in [7, 11) is 0. The molecule has 0 aromatic heterocycles. The highest BCUT2D eigenvalue weighted by Crippen LogP contribution is 2.36. The summed E-state index contributed by atoms with van der Waals surface area (Å²) in [6.07, 6.45) is 0.125. The van der Waals surface area contributed by atoms with E-state index in [0.29, 0.717) is 23.7 Å². The number of nitrogens with zero attached hydrogens (tertiary/aromatic N) is 1. The van der Waals surface area contributed by atoms with Crippen LogP contribution in [-0.4, -0.2) is 18.6 Å². The van der Waals surface area contributed by atoms with Gasteiger partial charge >= 0.3 is 0 Å². The molecular weight excluding hydrogens is 380 g/mol. The van der Waals surface area contributed by atoms with Crippen molar-refractivity contribution >= 4 is 23.2 Å². The second kappa shape index (κ2) is 7.55. The van der Waals surface area contributed by atoms with Gasteiger partial charge in [0, 0.05) is 17.8 Å². The molecule has 2 amide bonds. The van der Waals surface area contributed by atoms with Gasteiger partial charge in [-0.25, -0.2) is 0 Å². The Morgan fingerprint density at radius 3 is 2.60 bits per heavy atom. The van der Waals surface area contributed by atoms with Gasteiger partial charge < -0.3 is 19.7 Å². The summed E-state index contributed by atoms with van der Waals surface area (Å²) in [5.74, 6) is 0.582. The Morgan fingerprint density at radius 2 is 1.73 bits per heavy atom. The molecule has 1 atom stereocenters. The zero-order valence-corrected chi connectivity index (χ0v) is 16.2. The fourth-order valence-corrected chi connectivity index (χ4v) is 3.95. The number of hydrogen-bond acceptors (Lipinski definition) is 4. The Morgan fingerprint density at radius 1 is 0.967 bits per heavy atom. The Kier molecular flexibility index (Phi) is 4.59. The maximum atomic E-state index is 13.7. The monoisotopic (exact) mass is 400 g/mol. The average molecular weight is 400 g/mol. The Labute approximate surface area is 174 Å². The van der Waals surface area contributed by atoms with E-state index in [2.05, 4.69) is 5.32 Å². The number of anilines is 2. The number of hydrogen-bond donors (Lipinski definition) is 1. The van der Waals surface area contributed by atoms with Gasteiger partial charge in [0.05, 0.1) is 12.5 Å². The Hall–Kier alpha value is -3.80. The number of rotatable bonds is 4. The van der Waals surface area contributed by atoms with E-state index in [0.717, 1.165) is 16.8 Å². The van der Waals surface area contributed by atoms with Crippen LogP contribution in [-0.2, 0) is 16.1 Å². The zero-order valence-electron chi connectivity index (χ0n) is 16.2. The van der Waals surface area contributed by atoms with Crippen molar-refractivity contribution in [2.24, 2.45) is 0 Å². The minimum absolute atomic E-state index is 0.110. The number of fused-ring (bicyclic) bond motifs is 2. The lowest BCUT2D eigenvalue weighted by Crippen LogP contribution is -2.38. The number of para-hydroxylation sites is 2. The smallest absolute Gasteiger partial charge is 0.235 e. The molecule has 0 fully saturated rings. The van der Waals surface area contributed by atoms with Crippen molar-refractivity contribution in [2.75, 3.05) is 17.0 Å². The molecule has 6 nitrogen and oxygen atoms in total. The highest BCUT2D eigenvalue weighted by molar-refractivity contribution is 6.06. The standard InChI is InChI=1S/C24H20N2O4/c27-23-13-19(18-8-4-5-9-20(18)25-23)24(28)26(17-6-2-1-3-7-17)14-16-10-11-21-22(12-16)30-15-29-21/h1-12,19H,13-15H2,(H,25,27). The number of ether oxygens (including phenoxy) is 2. The number of benzene rings is 3. The van der Waals surface area contributed by atoms with Gasteiger partial charge in [-0.2, -0.15) is 0 Å². The van der Waals surface area contributed by atoms with Crippen molar-refractivity contribution in [3.05, 3.63) is 83.9 Å². The second-order valence-corrected chi connectivity index (χ2v) is 7.34. The van der Waals surface area contributed by atoms with E-state index in [1.807, 2.05) is 72.8 Å². The van der Waals surface area contributed by atoms with Gasteiger partial charge in [0.15, 0.2) is 11.5 Å². The van der Waals surface area contributed by atoms with Crippen LogP contribution < -0.4 is 19.7 Å². The highest BCUT2D eigenvalue weighted by atomic mass is 16.7. The lowest BCUT2D eigenvalue weighted by Gasteiger charge is -2.31. The van der Waals surface area contributed by atoms with Crippen LogP contribution in [0.15, 0.2) is 72.8 Å². The highest BCUT2D eigenvalue weighted by Gasteiger charge is 2.34.